The largest absolute Gasteiger partial charge is 0.356 e. The molecule has 106 valence electrons. The molecule has 1 amide bonds. The van der Waals surface area contributed by atoms with Crippen LogP contribution in [0.3, 0.4) is 0 Å². The van der Waals surface area contributed by atoms with E-state index in [1.165, 1.54) is 0 Å². The Labute approximate surface area is 130 Å². The highest BCUT2D eigenvalue weighted by atomic mass is 79.9. The summed E-state index contributed by atoms with van der Waals surface area (Å²) in [5.74, 6) is -0.103. The second-order valence-electron chi connectivity index (χ2n) is 4.73. The average molecular weight is 344 g/mol. The van der Waals surface area contributed by atoms with Gasteiger partial charge in [0, 0.05) is 28.8 Å². The summed E-state index contributed by atoms with van der Waals surface area (Å²) < 4.78 is 0.867. The first-order valence-electron chi connectivity index (χ1n) is 6.69. The Hall–Kier alpha value is -2.14. The third kappa shape index (κ3) is 3.13. The molecular weight excluding hydrogens is 330 g/mol. The SMILES string of the molecule is O=C(NCCc1cccc2cccnc12)c1cc(Br)c[nH]1. The van der Waals surface area contributed by atoms with Gasteiger partial charge in [0.1, 0.15) is 5.69 Å². The zero-order valence-corrected chi connectivity index (χ0v) is 12.9. The molecule has 0 unspecified atom stereocenters. The van der Waals surface area contributed by atoms with Crippen LogP contribution in [0.5, 0.6) is 0 Å². The third-order valence-corrected chi connectivity index (χ3v) is 3.75. The van der Waals surface area contributed by atoms with Crippen LogP contribution < -0.4 is 5.32 Å². The van der Waals surface area contributed by atoms with Crippen molar-refractivity contribution in [3.05, 3.63) is 64.5 Å². The van der Waals surface area contributed by atoms with Crippen LogP contribution in [0.15, 0.2) is 53.3 Å². The number of hydrogen-bond acceptors (Lipinski definition) is 2. The van der Waals surface area contributed by atoms with E-state index in [1.54, 1.807) is 18.5 Å². The van der Waals surface area contributed by atoms with Crippen LogP contribution in [0.4, 0.5) is 0 Å². The zero-order chi connectivity index (χ0) is 14.7. The molecule has 2 aromatic heterocycles. The lowest BCUT2D eigenvalue weighted by atomic mass is 10.1. The Morgan fingerprint density at radius 1 is 1.29 bits per heavy atom. The molecule has 0 fully saturated rings. The molecule has 0 radical (unpaired) electrons. The Morgan fingerprint density at radius 3 is 2.95 bits per heavy atom. The maximum absolute atomic E-state index is 11.9. The predicted molar refractivity (Wildman–Crippen MR) is 86.3 cm³/mol. The number of aromatic nitrogens is 2. The van der Waals surface area contributed by atoms with E-state index < -0.39 is 0 Å². The number of carbonyl (C=O) groups is 1. The van der Waals surface area contributed by atoms with Crippen molar-refractivity contribution in [3.8, 4) is 0 Å². The van der Waals surface area contributed by atoms with E-state index in [4.69, 9.17) is 0 Å². The van der Waals surface area contributed by atoms with E-state index in [1.807, 2.05) is 30.3 Å². The van der Waals surface area contributed by atoms with Crippen molar-refractivity contribution in [2.24, 2.45) is 0 Å². The van der Waals surface area contributed by atoms with E-state index in [0.717, 1.165) is 27.4 Å². The van der Waals surface area contributed by atoms with Crippen molar-refractivity contribution in [3.63, 3.8) is 0 Å². The Balaban J connectivity index is 1.66. The lowest BCUT2D eigenvalue weighted by Gasteiger charge is -2.06. The van der Waals surface area contributed by atoms with Gasteiger partial charge in [-0.3, -0.25) is 9.78 Å². The molecule has 21 heavy (non-hydrogen) atoms. The van der Waals surface area contributed by atoms with Crippen LogP contribution in [0.2, 0.25) is 0 Å². The van der Waals surface area contributed by atoms with Crippen molar-refractivity contribution in [2.45, 2.75) is 6.42 Å². The Bertz CT molecular complexity index is 777. The number of amides is 1. The molecule has 0 aliphatic carbocycles. The number of para-hydroxylation sites is 1. The van der Waals surface area contributed by atoms with Crippen LogP contribution >= 0.6 is 15.9 Å². The molecular formula is C16H14BrN3O. The molecule has 0 spiro atoms. The normalized spacial score (nSPS) is 10.7. The summed E-state index contributed by atoms with van der Waals surface area (Å²) >= 11 is 3.31. The molecule has 3 rings (SSSR count). The second-order valence-corrected chi connectivity index (χ2v) is 5.65. The summed E-state index contributed by atoms with van der Waals surface area (Å²) in [5.41, 5.74) is 2.69. The van der Waals surface area contributed by atoms with E-state index in [-0.39, 0.29) is 5.91 Å². The van der Waals surface area contributed by atoms with Gasteiger partial charge >= 0.3 is 0 Å². The van der Waals surface area contributed by atoms with Gasteiger partial charge in [-0.05, 0) is 40.0 Å². The van der Waals surface area contributed by atoms with Gasteiger partial charge in [0.25, 0.3) is 5.91 Å². The maximum atomic E-state index is 11.9. The lowest BCUT2D eigenvalue weighted by molar-refractivity contribution is 0.0950. The predicted octanol–water partition coefficient (Wildman–Crippen LogP) is 3.30. The summed E-state index contributed by atoms with van der Waals surface area (Å²) in [5, 5.41) is 4.03. The van der Waals surface area contributed by atoms with Gasteiger partial charge in [0.05, 0.1) is 5.52 Å². The Kier molecular flexibility index (Phi) is 4.01. The summed E-state index contributed by atoms with van der Waals surface area (Å²) in [4.78, 5) is 19.3. The van der Waals surface area contributed by atoms with Gasteiger partial charge in [0.15, 0.2) is 0 Å². The van der Waals surface area contributed by atoms with Crippen LogP contribution in [0.25, 0.3) is 10.9 Å². The van der Waals surface area contributed by atoms with Gasteiger partial charge < -0.3 is 10.3 Å². The van der Waals surface area contributed by atoms with Crippen molar-refractivity contribution in [2.75, 3.05) is 6.54 Å². The molecule has 2 N–H and O–H groups in total. The van der Waals surface area contributed by atoms with Crippen LogP contribution in [-0.4, -0.2) is 22.4 Å². The monoisotopic (exact) mass is 343 g/mol. The smallest absolute Gasteiger partial charge is 0.267 e. The standard InChI is InChI=1S/C16H14BrN3O/c17-13-9-14(20-10-13)16(21)19-8-6-12-4-1-3-11-5-2-7-18-15(11)12/h1-5,7,9-10,20H,6,8H2,(H,19,21). The molecule has 4 nitrogen and oxygen atoms in total. The van der Waals surface area contributed by atoms with Crippen LogP contribution in [0, 0.1) is 0 Å². The van der Waals surface area contributed by atoms with Gasteiger partial charge in [-0.2, -0.15) is 0 Å². The van der Waals surface area contributed by atoms with Crippen LogP contribution in [-0.2, 0) is 6.42 Å². The molecule has 0 saturated heterocycles. The fraction of sp³-hybridized carbons (Fsp3) is 0.125. The molecule has 0 saturated carbocycles. The van der Waals surface area contributed by atoms with Crippen LogP contribution in [0.1, 0.15) is 16.1 Å². The van der Waals surface area contributed by atoms with Gasteiger partial charge in [-0.25, -0.2) is 0 Å². The number of carbonyl (C=O) groups excluding carboxylic acids is 1. The highest BCUT2D eigenvalue weighted by molar-refractivity contribution is 9.10. The molecule has 1 aromatic carbocycles. The number of rotatable bonds is 4. The van der Waals surface area contributed by atoms with Gasteiger partial charge in [0.2, 0.25) is 0 Å². The van der Waals surface area contributed by atoms with E-state index in [0.29, 0.717) is 12.2 Å². The number of pyridine rings is 1. The summed E-state index contributed by atoms with van der Waals surface area (Å²) in [6.45, 7) is 0.575. The summed E-state index contributed by atoms with van der Waals surface area (Å²) in [6, 6.07) is 11.8. The molecule has 0 aliphatic heterocycles. The minimum Gasteiger partial charge on any atom is -0.356 e. The van der Waals surface area contributed by atoms with Crippen molar-refractivity contribution >= 4 is 32.7 Å². The number of nitrogens with one attached hydrogen (secondary N) is 2. The topological polar surface area (TPSA) is 57.8 Å². The highest BCUT2D eigenvalue weighted by Gasteiger charge is 2.07. The van der Waals surface area contributed by atoms with Crippen molar-refractivity contribution < 1.29 is 4.79 Å². The fourth-order valence-electron chi connectivity index (χ4n) is 2.27. The summed E-state index contributed by atoms with van der Waals surface area (Å²) in [6.07, 6.45) is 4.28. The summed E-state index contributed by atoms with van der Waals surface area (Å²) in [7, 11) is 0. The minimum absolute atomic E-state index is 0.103. The first kappa shape index (κ1) is 13.8. The molecule has 0 atom stereocenters. The third-order valence-electron chi connectivity index (χ3n) is 3.29. The number of benzene rings is 1. The second kappa shape index (κ2) is 6.10. The van der Waals surface area contributed by atoms with E-state index in [2.05, 4.69) is 31.2 Å². The number of fused-ring (bicyclic) bond motifs is 1. The number of H-pyrrole nitrogens is 1. The zero-order valence-electron chi connectivity index (χ0n) is 11.3. The molecule has 3 aromatic rings. The quantitative estimate of drug-likeness (QED) is 0.763. The number of nitrogens with zero attached hydrogens (tertiary/aromatic N) is 1. The Morgan fingerprint density at radius 2 is 2.14 bits per heavy atom. The average Bonchev–Trinajstić information content (AvgIpc) is 2.94. The first-order valence-corrected chi connectivity index (χ1v) is 7.48. The van der Waals surface area contributed by atoms with E-state index in [9.17, 15) is 4.79 Å². The van der Waals surface area contributed by atoms with E-state index >= 15 is 0 Å². The first-order chi connectivity index (χ1) is 10.2. The highest BCUT2D eigenvalue weighted by Crippen LogP contribution is 2.16. The molecule has 0 aliphatic rings. The van der Waals surface area contributed by atoms with Gasteiger partial charge in [-0.15, -0.1) is 0 Å². The molecule has 5 heteroatoms. The minimum atomic E-state index is -0.103. The number of aromatic amines is 1. The number of hydrogen-bond donors (Lipinski definition) is 2. The molecule has 2 heterocycles. The number of halogens is 1. The fourth-order valence-corrected chi connectivity index (χ4v) is 2.62. The lowest BCUT2D eigenvalue weighted by Crippen LogP contribution is -2.26. The maximum Gasteiger partial charge on any atom is 0.267 e. The molecule has 0 bridgehead atoms. The van der Waals surface area contributed by atoms with Crippen molar-refractivity contribution in [1.29, 1.82) is 0 Å². The van der Waals surface area contributed by atoms with Gasteiger partial charge in [-0.1, -0.05) is 24.3 Å². The van der Waals surface area contributed by atoms with Crippen molar-refractivity contribution in [1.82, 2.24) is 15.3 Å².